The van der Waals surface area contributed by atoms with Crippen molar-refractivity contribution in [1.29, 1.82) is 0 Å². The number of unbranched alkanes of at least 4 members (excludes halogenated alkanes) is 8. The van der Waals surface area contributed by atoms with Crippen LogP contribution < -0.4 is 0 Å². The Bertz CT molecular complexity index is 589. The van der Waals surface area contributed by atoms with E-state index in [0.717, 1.165) is 25.7 Å². The van der Waals surface area contributed by atoms with Crippen molar-refractivity contribution in [3.05, 3.63) is 0 Å². The third-order valence-electron chi connectivity index (χ3n) is 9.72. The van der Waals surface area contributed by atoms with Crippen LogP contribution in [0.1, 0.15) is 158 Å². The Hall–Kier alpha value is -1.06. The van der Waals surface area contributed by atoms with Crippen molar-refractivity contribution in [2.24, 2.45) is 34.5 Å². The molecule has 1 aliphatic rings. The van der Waals surface area contributed by atoms with Gasteiger partial charge in [0.15, 0.2) is 0 Å². The Morgan fingerprint density at radius 2 is 0.921 bits per heavy atom. The molecule has 0 aromatic rings. The van der Waals surface area contributed by atoms with Gasteiger partial charge >= 0.3 is 11.9 Å². The summed E-state index contributed by atoms with van der Waals surface area (Å²) in [6.45, 7) is 18.9. The quantitative estimate of drug-likeness (QED) is 0.115. The van der Waals surface area contributed by atoms with Crippen molar-refractivity contribution < 1.29 is 19.1 Å². The van der Waals surface area contributed by atoms with Crippen molar-refractivity contribution in [3.63, 3.8) is 0 Å². The SMILES string of the molecule is CCCCCCCC(C)C(C)(C)COC(=O)C1CCC(C(=O)OCC(C)(C)C(C)CCCCCCC)CC1. The molecule has 38 heavy (non-hydrogen) atoms. The summed E-state index contributed by atoms with van der Waals surface area (Å²) in [6, 6.07) is 0. The Balaban J connectivity index is 2.34. The lowest BCUT2D eigenvalue weighted by Crippen LogP contribution is -2.34. The fourth-order valence-corrected chi connectivity index (χ4v) is 5.49. The third kappa shape index (κ3) is 13.3. The van der Waals surface area contributed by atoms with Gasteiger partial charge in [0.1, 0.15) is 0 Å². The molecule has 1 aliphatic carbocycles. The average molecular weight is 537 g/mol. The summed E-state index contributed by atoms with van der Waals surface area (Å²) < 4.78 is 11.7. The summed E-state index contributed by atoms with van der Waals surface area (Å²) in [5.74, 6) is 0.737. The lowest BCUT2D eigenvalue weighted by Gasteiger charge is -2.33. The van der Waals surface area contributed by atoms with E-state index in [1.54, 1.807) is 0 Å². The summed E-state index contributed by atoms with van der Waals surface area (Å²) in [5.41, 5.74) is -0.0260. The first-order chi connectivity index (χ1) is 17.9. The molecule has 0 heterocycles. The smallest absolute Gasteiger partial charge is 0.308 e. The molecule has 0 saturated heterocycles. The fraction of sp³-hybridized carbons (Fsp3) is 0.941. The van der Waals surface area contributed by atoms with E-state index in [-0.39, 0.29) is 34.6 Å². The molecule has 4 heteroatoms. The molecule has 0 amide bonds. The molecule has 0 N–H and O–H groups in total. The van der Waals surface area contributed by atoms with Crippen LogP contribution in [0.15, 0.2) is 0 Å². The number of rotatable bonds is 20. The van der Waals surface area contributed by atoms with Crippen LogP contribution in [0.2, 0.25) is 0 Å². The molecular weight excluding hydrogens is 472 g/mol. The minimum Gasteiger partial charge on any atom is -0.465 e. The van der Waals surface area contributed by atoms with Crippen molar-refractivity contribution in [3.8, 4) is 0 Å². The first-order valence-corrected chi connectivity index (χ1v) is 16.3. The summed E-state index contributed by atoms with van der Waals surface area (Å²) in [4.78, 5) is 25.6. The van der Waals surface area contributed by atoms with Gasteiger partial charge in [-0.15, -0.1) is 0 Å². The van der Waals surface area contributed by atoms with Crippen LogP contribution >= 0.6 is 0 Å². The zero-order chi connectivity index (χ0) is 28.6. The van der Waals surface area contributed by atoms with Crippen LogP contribution in [0.3, 0.4) is 0 Å². The highest BCUT2D eigenvalue weighted by atomic mass is 16.5. The molecular formula is C34H64O4. The molecule has 1 rings (SSSR count). The minimum absolute atomic E-state index is 0.0130. The zero-order valence-electron chi connectivity index (χ0n) is 26.7. The first-order valence-electron chi connectivity index (χ1n) is 16.3. The van der Waals surface area contributed by atoms with Gasteiger partial charge < -0.3 is 9.47 Å². The van der Waals surface area contributed by atoms with E-state index in [4.69, 9.17) is 9.47 Å². The van der Waals surface area contributed by atoms with E-state index in [9.17, 15) is 9.59 Å². The monoisotopic (exact) mass is 536 g/mol. The fourth-order valence-electron chi connectivity index (χ4n) is 5.49. The van der Waals surface area contributed by atoms with Crippen molar-refractivity contribution in [2.75, 3.05) is 13.2 Å². The van der Waals surface area contributed by atoms with Gasteiger partial charge in [-0.2, -0.15) is 0 Å². The predicted molar refractivity (Wildman–Crippen MR) is 160 cm³/mol. The van der Waals surface area contributed by atoms with Gasteiger partial charge in [-0.3, -0.25) is 9.59 Å². The second-order valence-electron chi connectivity index (χ2n) is 13.9. The molecule has 0 bridgehead atoms. The highest BCUT2D eigenvalue weighted by Crippen LogP contribution is 2.35. The van der Waals surface area contributed by atoms with Crippen LogP contribution in [0.5, 0.6) is 0 Å². The van der Waals surface area contributed by atoms with E-state index in [1.807, 2.05) is 0 Å². The molecule has 0 radical (unpaired) electrons. The Morgan fingerprint density at radius 3 is 1.24 bits per heavy atom. The normalized spacial score (nSPS) is 20.1. The van der Waals surface area contributed by atoms with E-state index < -0.39 is 0 Å². The first kappa shape index (κ1) is 35.0. The molecule has 0 aliphatic heterocycles. The maximum Gasteiger partial charge on any atom is 0.308 e. The average Bonchev–Trinajstić information content (AvgIpc) is 2.90. The lowest BCUT2D eigenvalue weighted by molar-refractivity contribution is -0.159. The van der Waals surface area contributed by atoms with Gasteiger partial charge in [-0.25, -0.2) is 0 Å². The largest absolute Gasteiger partial charge is 0.465 e. The molecule has 1 fully saturated rings. The number of ether oxygens (including phenoxy) is 2. The van der Waals surface area contributed by atoms with Crippen molar-refractivity contribution >= 4 is 11.9 Å². The molecule has 224 valence electrons. The zero-order valence-corrected chi connectivity index (χ0v) is 26.7. The number of carbonyl (C=O) groups is 2. The highest BCUT2D eigenvalue weighted by molar-refractivity contribution is 5.75. The van der Waals surface area contributed by atoms with Crippen molar-refractivity contribution in [1.82, 2.24) is 0 Å². The number of hydrogen-bond donors (Lipinski definition) is 0. The number of carbonyl (C=O) groups excluding carboxylic acids is 2. The van der Waals surface area contributed by atoms with Gasteiger partial charge in [0.05, 0.1) is 25.0 Å². The van der Waals surface area contributed by atoms with E-state index in [0.29, 0.717) is 25.0 Å². The van der Waals surface area contributed by atoms with Crippen LogP contribution in [-0.4, -0.2) is 25.2 Å². The molecule has 0 aromatic heterocycles. The van der Waals surface area contributed by atoms with Crippen LogP contribution in [-0.2, 0) is 19.1 Å². The van der Waals surface area contributed by atoms with E-state index >= 15 is 0 Å². The molecule has 2 atom stereocenters. The summed E-state index contributed by atoms with van der Waals surface area (Å²) in [6.07, 6.45) is 18.2. The third-order valence-corrected chi connectivity index (χ3v) is 9.72. The summed E-state index contributed by atoms with van der Waals surface area (Å²) >= 11 is 0. The maximum atomic E-state index is 12.8. The Labute approximate surface area is 236 Å². The predicted octanol–water partition coefficient (Wildman–Crippen LogP) is 9.92. The van der Waals surface area contributed by atoms with Gasteiger partial charge in [0.25, 0.3) is 0 Å². The molecule has 4 nitrogen and oxygen atoms in total. The molecule has 0 aromatic carbocycles. The van der Waals surface area contributed by atoms with Crippen LogP contribution in [0.25, 0.3) is 0 Å². The van der Waals surface area contributed by atoms with Gasteiger partial charge in [0, 0.05) is 10.8 Å². The minimum atomic E-state index is -0.0802. The van der Waals surface area contributed by atoms with Gasteiger partial charge in [-0.1, -0.05) is 132 Å². The molecule has 1 saturated carbocycles. The van der Waals surface area contributed by atoms with E-state index in [1.165, 1.54) is 77.0 Å². The maximum absolute atomic E-state index is 12.8. The van der Waals surface area contributed by atoms with E-state index in [2.05, 4.69) is 55.4 Å². The summed E-state index contributed by atoms with van der Waals surface area (Å²) in [7, 11) is 0. The molecule has 2 unspecified atom stereocenters. The van der Waals surface area contributed by atoms with Gasteiger partial charge in [0.2, 0.25) is 0 Å². The standard InChI is InChI=1S/C34H64O4/c1-9-11-13-15-17-19-27(3)33(5,6)25-37-31(35)29-21-23-30(24-22-29)32(36)38-26-34(7,8)28(4)20-18-16-14-12-10-2/h27-30H,9-26H2,1-8H3. The second-order valence-corrected chi connectivity index (χ2v) is 13.9. The Morgan fingerprint density at radius 1 is 0.605 bits per heavy atom. The highest BCUT2D eigenvalue weighted by Gasteiger charge is 2.35. The lowest BCUT2D eigenvalue weighted by atomic mass is 9.77. The number of hydrogen-bond acceptors (Lipinski definition) is 4. The number of esters is 2. The molecule has 0 spiro atoms. The second kappa shape index (κ2) is 18.3. The Kier molecular flexibility index (Phi) is 16.9. The topological polar surface area (TPSA) is 52.6 Å². The summed E-state index contributed by atoms with van der Waals surface area (Å²) in [5, 5.41) is 0. The van der Waals surface area contributed by atoms with Crippen molar-refractivity contribution in [2.45, 2.75) is 158 Å². The van der Waals surface area contributed by atoms with Crippen LogP contribution in [0, 0.1) is 34.5 Å². The van der Waals surface area contributed by atoms with Gasteiger partial charge in [-0.05, 0) is 37.5 Å². The van der Waals surface area contributed by atoms with Crippen LogP contribution in [0.4, 0.5) is 0 Å².